The van der Waals surface area contributed by atoms with E-state index in [1.165, 1.54) is 0 Å². The maximum atomic E-state index is 12.4. The minimum absolute atomic E-state index is 0.133. The summed E-state index contributed by atoms with van der Waals surface area (Å²) in [6.45, 7) is 11.9. The summed E-state index contributed by atoms with van der Waals surface area (Å²) in [5, 5.41) is 0. The maximum Gasteiger partial charge on any atom is 0.410 e. The highest BCUT2D eigenvalue weighted by atomic mass is 79.9. The van der Waals surface area contributed by atoms with Gasteiger partial charge in [-0.2, -0.15) is 0 Å². The first-order valence-corrected chi connectivity index (χ1v) is 8.44. The third-order valence-electron chi connectivity index (χ3n) is 3.61. The molecular weight excluding hydrogens is 362 g/mol. The molecule has 0 radical (unpaired) electrons. The third-order valence-corrected chi connectivity index (χ3v) is 3.99. The number of halogens is 1. The first-order chi connectivity index (χ1) is 10.5. The van der Waals surface area contributed by atoms with Crippen molar-refractivity contribution in [3.8, 4) is 5.88 Å². The average Bonchev–Trinajstić information content (AvgIpc) is 2.66. The highest BCUT2D eigenvalue weighted by Gasteiger charge is 2.44. The van der Waals surface area contributed by atoms with Crippen LogP contribution in [0.5, 0.6) is 5.88 Å². The van der Waals surface area contributed by atoms with Gasteiger partial charge >= 0.3 is 6.09 Å². The van der Waals surface area contributed by atoms with Crippen LogP contribution >= 0.6 is 15.9 Å². The van der Waals surface area contributed by atoms with Gasteiger partial charge in [0.2, 0.25) is 5.88 Å². The molecule has 1 amide bonds. The summed E-state index contributed by atoms with van der Waals surface area (Å²) in [4.78, 5) is 22.7. The SMILES string of the molecule is Cc1nc(Br)cnc1OC1CN(C(=O)OC(C)(C)C)C(C)(C)C1. The molecule has 6 nitrogen and oxygen atoms in total. The van der Waals surface area contributed by atoms with Gasteiger partial charge in [-0.05, 0) is 57.5 Å². The number of likely N-dealkylation sites (tertiary alicyclic amines) is 1. The van der Waals surface area contributed by atoms with Gasteiger partial charge in [-0.3, -0.25) is 4.90 Å². The normalized spacial score (nSPS) is 20.5. The molecule has 1 aromatic heterocycles. The van der Waals surface area contributed by atoms with Crippen LogP contribution in [-0.4, -0.2) is 44.7 Å². The molecule has 2 heterocycles. The molecule has 1 unspecified atom stereocenters. The number of nitrogens with zero attached hydrogens (tertiary/aromatic N) is 3. The molecule has 1 aromatic rings. The minimum Gasteiger partial charge on any atom is -0.471 e. The van der Waals surface area contributed by atoms with E-state index in [0.29, 0.717) is 29.1 Å². The first kappa shape index (κ1) is 18.0. The van der Waals surface area contributed by atoms with Crippen molar-refractivity contribution in [1.29, 1.82) is 0 Å². The van der Waals surface area contributed by atoms with Gasteiger partial charge in [0.25, 0.3) is 0 Å². The van der Waals surface area contributed by atoms with E-state index in [1.54, 1.807) is 11.1 Å². The highest BCUT2D eigenvalue weighted by Crippen LogP contribution is 2.32. The molecule has 1 atom stereocenters. The summed E-state index contributed by atoms with van der Waals surface area (Å²) in [7, 11) is 0. The number of aryl methyl sites for hydroxylation is 1. The smallest absolute Gasteiger partial charge is 0.410 e. The summed E-state index contributed by atoms with van der Waals surface area (Å²) in [6, 6.07) is 0. The number of aromatic nitrogens is 2. The number of carbonyl (C=O) groups excluding carboxylic acids is 1. The van der Waals surface area contributed by atoms with Gasteiger partial charge in [-0.25, -0.2) is 14.8 Å². The van der Waals surface area contributed by atoms with Gasteiger partial charge in [0.15, 0.2) is 0 Å². The number of hydrogen-bond acceptors (Lipinski definition) is 5. The quantitative estimate of drug-likeness (QED) is 0.775. The topological polar surface area (TPSA) is 64.6 Å². The Balaban J connectivity index is 2.08. The van der Waals surface area contributed by atoms with E-state index < -0.39 is 5.60 Å². The number of amides is 1. The largest absolute Gasteiger partial charge is 0.471 e. The van der Waals surface area contributed by atoms with E-state index >= 15 is 0 Å². The summed E-state index contributed by atoms with van der Waals surface area (Å²) < 4.78 is 12.1. The lowest BCUT2D eigenvalue weighted by Gasteiger charge is -2.32. The second kappa shape index (κ2) is 6.26. The zero-order chi connectivity index (χ0) is 17.4. The van der Waals surface area contributed by atoms with Crippen LogP contribution in [0.2, 0.25) is 0 Å². The molecule has 7 heteroatoms. The fourth-order valence-corrected chi connectivity index (χ4v) is 2.98. The van der Waals surface area contributed by atoms with Crippen molar-refractivity contribution in [1.82, 2.24) is 14.9 Å². The molecule has 0 saturated carbocycles. The van der Waals surface area contributed by atoms with E-state index in [2.05, 4.69) is 25.9 Å². The van der Waals surface area contributed by atoms with Crippen LogP contribution < -0.4 is 4.74 Å². The van der Waals surface area contributed by atoms with Crippen molar-refractivity contribution in [2.75, 3.05) is 6.54 Å². The summed E-state index contributed by atoms with van der Waals surface area (Å²) in [5.74, 6) is 0.500. The Morgan fingerprint density at radius 2 is 2.09 bits per heavy atom. The fraction of sp³-hybridized carbons (Fsp3) is 0.688. The van der Waals surface area contributed by atoms with Crippen molar-refractivity contribution in [2.45, 2.75) is 65.2 Å². The monoisotopic (exact) mass is 385 g/mol. The molecule has 2 rings (SSSR count). The van der Waals surface area contributed by atoms with Crippen molar-refractivity contribution in [3.63, 3.8) is 0 Å². The second-order valence-corrected chi connectivity index (χ2v) is 8.24. The van der Waals surface area contributed by atoms with E-state index in [1.807, 2.05) is 41.5 Å². The van der Waals surface area contributed by atoms with Crippen LogP contribution in [0.25, 0.3) is 0 Å². The highest BCUT2D eigenvalue weighted by molar-refractivity contribution is 9.10. The molecule has 23 heavy (non-hydrogen) atoms. The molecule has 0 aromatic carbocycles. The zero-order valence-corrected chi connectivity index (χ0v) is 16.1. The van der Waals surface area contributed by atoms with Crippen LogP contribution in [0.1, 0.15) is 46.7 Å². The molecule has 1 saturated heterocycles. The maximum absolute atomic E-state index is 12.4. The predicted molar refractivity (Wildman–Crippen MR) is 90.5 cm³/mol. The predicted octanol–water partition coefficient (Wildman–Crippen LogP) is 3.71. The van der Waals surface area contributed by atoms with E-state index in [0.717, 1.165) is 0 Å². The van der Waals surface area contributed by atoms with Crippen LogP contribution in [0.15, 0.2) is 10.8 Å². The first-order valence-electron chi connectivity index (χ1n) is 7.64. The van der Waals surface area contributed by atoms with Crippen LogP contribution in [0.3, 0.4) is 0 Å². The van der Waals surface area contributed by atoms with E-state index in [9.17, 15) is 4.79 Å². The molecule has 0 N–H and O–H groups in total. The molecule has 1 fully saturated rings. The molecule has 1 aliphatic rings. The van der Waals surface area contributed by atoms with Gasteiger partial charge in [0.05, 0.1) is 12.7 Å². The van der Waals surface area contributed by atoms with Crippen LogP contribution in [0.4, 0.5) is 4.79 Å². The second-order valence-electron chi connectivity index (χ2n) is 7.43. The molecular formula is C16H24BrN3O3. The Labute approximate surface area is 145 Å². The Kier molecular flexibility index (Phi) is 4.89. The molecule has 0 bridgehead atoms. The number of rotatable bonds is 2. The van der Waals surface area contributed by atoms with Gasteiger partial charge < -0.3 is 9.47 Å². The van der Waals surface area contributed by atoms with Crippen molar-refractivity contribution in [2.24, 2.45) is 0 Å². The minimum atomic E-state index is -0.514. The summed E-state index contributed by atoms with van der Waals surface area (Å²) >= 11 is 3.28. The summed E-state index contributed by atoms with van der Waals surface area (Å²) in [5.41, 5.74) is -0.128. The molecule has 0 aliphatic carbocycles. The van der Waals surface area contributed by atoms with Gasteiger partial charge in [0.1, 0.15) is 22.0 Å². The van der Waals surface area contributed by atoms with E-state index in [-0.39, 0.29) is 17.7 Å². The van der Waals surface area contributed by atoms with Gasteiger partial charge in [-0.15, -0.1) is 0 Å². The number of carbonyl (C=O) groups is 1. The average molecular weight is 386 g/mol. The Morgan fingerprint density at radius 1 is 1.43 bits per heavy atom. The number of hydrogen-bond donors (Lipinski definition) is 0. The lowest BCUT2D eigenvalue weighted by molar-refractivity contribution is 0.0125. The van der Waals surface area contributed by atoms with E-state index in [4.69, 9.17) is 9.47 Å². The Hall–Kier alpha value is -1.37. The Morgan fingerprint density at radius 3 is 2.65 bits per heavy atom. The standard InChI is InChI=1S/C16H24BrN3O3/c1-10-13(18-8-12(17)19-10)22-11-7-16(5,6)20(9-11)14(21)23-15(2,3)4/h8,11H,7,9H2,1-6H3. The van der Waals surface area contributed by atoms with Crippen LogP contribution in [-0.2, 0) is 4.74 Å². The molecule has 0 spiro atoms. The lowest BCUT2D eigenvalue weighted by Crippen LogP contribution is -2.45. The fourth-order valence-electron chi connectivity index (χ4n) is 2.62. The molecule has 128 valence electrons. The number of ether oxygens (including phenoxy) is 2. The van der Waals surface area contributed by atoms with Crippen molar-refractivity contribution < 1.29 is 14.3 Å². The third kappa shape index (κ3) is 4.56. The lowest BCUT2D eigenvalue weighted by atomic mass is 10.0. The summed E-state index contributed by atoms with van der Waals surface area (Å²) in [6.07, 6.45) is 1.87. The van der Waals surface area contributed by atoms with Crippen molar-refractivity contribution in [3.05, 3.63) is 16.5 Å². The molecule has 1 aliphatic heterocycles. The Bertz CT molecular complexity index is 599. The van der Waals surface area contributed by atoms with Gasteiger partial charge in [0, 0.05) is 12.0 Å². The van der Waals surface area contributed by atoms with Crippen molar-refractivity contribution >= 4 is 22.0 Å². The van der Waals surface area contributed by atoms with Gasteiger partial charge in [-0.1, -0.05) is 0 Å². The zero-order valence-electron chi connectivity index (χ0n) is 14.5. The van der Waals surface area contributed by atoms with Crippen LogP contribution in [0, 0.1) is 6.92 Å².